The molecular formula is C16H14F12. The van der Waals surface area contributed by atoms with E-state index in [0.29, 0.717) is 13.8 Å². The molecule has 2 atom stereocenters. The van der Waals surface area contributed by atoms with Crippen molar-refractivity contribution >= 4 is 0 Å². The van der Waals surface area contributed by atoms with Crippen LogP contribution in [-0.4, -0.2) is 24.7 Å². The number of alkyl halides is 12. The molecule has 0 amide bonds. The zero-order valence-corrected chi connectivity index (χ0v) is 14.4. The van der Waals surface area contributed by atoms with Gasteiger partial charge in [-0.05, 0) is 43.0 Å². The van der Waals surface area contributed by atoms with Gasteiger partial charge in [0.1, 0.15) is 0 Å². The van der Waals surface area contributed by atoms with Gasteiger partial charge in [-0.2, -0.15) is 52.7 Å². The van der Waals surface area contributed by atoms with Crippen molar-refractivity contribution in [2.24, 2.45) is 0 Å². The van der Waals surface area contributed by atoms with Crippen LogP contribution in [0.3, 0.4) is 0 Å². The van der Waals surface area contributed by atoms with Crippen LogP contribution >= 0.6 is 0 Å². The quantitative estimate of drug-likeness (QED) is 0.432. The molecule has 0 aliphatic heterocycles. The van der Waals surface area contributed by atoms with E-state index in [1.807, 2.05) is 0 Å². The fourth-order valence-electron chi connectivity index (χ4n) is 2.77. The minimum atomic E-state index is -5.97. The molecule has 0 saturated carbocycles. The van der Waals surface area contributed by atoms with Crippen molar-refractivity contribution in [1.29, 1.82) is 0 Å². The Hall–Kier alpha value is -1.62. The number of hydrogen-bond acceptors (Lipinski definition) is 0. The minimum absolute atomic E-state index is 0.0335. The number of halogens is 12. The Morgan fingerprint density at radius 1 is 0.571 bits per heavy atom. The summed E-state index contributed by atoms with van der Waals surface area (Å²) in [4.78, 5) is 0. The average Bonchev–Trinajstić information content (AvgIpc) is 2.42. The molecule has 0 heterocycles. The van der Waals surface area contributed by atoms with Gasteiger partial charge in [-0.3, -0.25) is 0 Å². The summed E-state index contributed by atoms with van der Waals surface area (Å²) >= 11 is 0. The zero-order valence-electron chi connectivity index (χ0n) is 14.4. The first kappa shape index (κ1) is 24.4. The molecule has 0 aliphatic rings. The van der Waals surface area contributed by atoms with Gasteiger partial charge in [0, 0.05) is 0 Å². The SMILES string of the molecule is Cc1c(C(C)C(F)(F)F)cc(C(C(F)(F)F)C(F)(F)F)cc1C(C)C(F)(F)F. The third kappa shape index (κ3) is 5.25. The van der Waals surface area contributed by atoms with Crippen molar-refractivity contribution in [3.05, 3.63) is 34.4 Å². The van der Waals surface area contributed by atoms with Crippen LogP contribution < -0.4 is 0 Å². The molecular weight excluding hydrogens is 420 g/mol. The molecule has 1 rings (SSSR count). The molecule has 0 radical (unpaired) electrons. The first-order valence-electron chi connectivity index (χ1n) is 7.60. The van der Waals surface area contributed by atoms with Gasteiger partial charge in [-0.1, -0.05) is 12.1 Å². The Kier molecular flexibility index (Phi) is 6.39. The van der Waals surface area contributed by atoms with Crippen LogP contribution in [0.5, 0.6) is 0 Å². The van der Waals surface area contributed by atoms with Gasteiger partial charge < -0.3 is 0 Å². The van der Waals surface area contributed by atoms with Gasteiger partial charge in [-0.15, -0.1) is 0 Å². The number of hydrogen-bond donors (Lipinski definition) is 0. The van der Waals surface area contributed by atoms with Gasteiger partial charge >= 0.3 is 24.7 Å². The minimum Gasteiger partial charge on any atom is -0.170 e. The van der Waals surface area contributed by atoms with E-state index in [-0.39, 0.29) is 12.1 Å². The molecule has 1 aromatic carbocycles. The monoisotopic (exact) mass is 434 g/mol. The van der Waals surface area contributed by atoms with E-state index in [1.165, 1.54) is 0 Å². The second kappa shape index (κ2) is 7.33. The smallest absolute Gasteiger partial charge is 0.170 e. The summed E-state index contributed by atoms with van der Waals surface area (Å²) in [6.07, 6.45) is -22.1. The van der Waals surface area contributed by atoms with E-state index < -0.39 is 64.7 Å². The van der Waals surface area contributed by atoms with Crippen molar-refractivity contribution < 1.29 is 52.7 Å². The van der Waals surface area contributed by atoms with Gasteiger partial charge in [0.25, 0.3) is 0 Å². The third-order valence-electron chi connectivity index (χ3n) is 4.41. The van der Waals surface area contributed by atoms with Crippen LogP contribution in [0.2, 0.25) is 0 Å². The largest absolute Gasteiger partial charge is 0.404 e. The highest BCUT2D eigenvalue weighted by Crippen LogP contribution is 2.49. The van der Waals surface area contributed by atoms with Crippen LogP contribution in [0.4, 0.5) is 52.7 Å². The van der Waals surface area contributed by atoms with Crippen LogP contribution in [0.25, 0.3) is 0 Å². The lowest BCUT2D eigenvalue weighted by Crippen LogP contribution is -2.34. The summed E-state index contributed by atoms with van der Waals surface area (Å²) in [5.41, 5.74) is -4.53. The number of benzene rings is 1. The van der Waals surface area contributed by atoms with Crippen LogP contribution in [0.1, 0.15) is 53.9 Å². The summed E-state index contributed by atoms with van der Waals surface area (Å²) in [5.74, 6) is -9.37. The van der Waals surface area contributed by atoms with Crippen LogP contribution in [0, 0.1) is 6.92 Å². The lowest BCUT2D eigenvalue weighted by atomic mass is 9.83. The highest BCUT2D eigenvalue weighted by molar-refractivity contribution is 5.45. The standard InChI is InChI=1S/C16H14F12/c1-6-10(7(2)13(17,18)19)4-9(5-11(6)8(3)14(20,21)22)12(15(23,24)25)16(26,27)28/h4-5,7-8,12H,1-3H3. The summed E-state index contributed by atoms with van der Waals surface area (Å²) < 4.78 is 156. The topological polar surface area (TPSA) is 0 Å². The van der Waals surface area contributed by atoms with E-state index in [9.17, 15) is 52.7 Å². The molecule has 0 spiro atoms. The van der Waals surface area contributed by atoms with E-state index in [2.05, 4.69) is 0 Å². The molecule has 0 bridgehead atoms. The van der Waals surface area contributed by atoms with Gasteiger partial charge in [0.05, 0.1) is 11.8 Å². The van der Waals surface area contributed by atoms with Crippen molar-refractivity contribution in [2.45, 2.75) is 63.2 Å². The summed E-state index contributed by atoms with van der Waals surface area (Å²) in [6.45, 7) is 1.70. The molecule has 0 aliphatic carbocycles. The average molecular weight is 434 g/mol. The maximum Gasteiger partial charge on any atom is 0.404 e. The molecule has 1 aromatic rings. The molecule has 12 heteroatoms. The van der Waals surface area contributed by atoms with E-state index in [1.54, 1.807) is 0 Å². The van der Waals surface area contributed by atoms with Gasteiger partial charge in [0.2, 0.25) is 0 Å². The molecule has 0 saturated heterocycles. The Morgan fingerprint density at radius 2 is 0.857 bits per heavy atom. The van der Waals surface area contributed by atoms with Gasteiger partial charge in [0.15, 0.2) is 5.92 Å². The number of rotatable bonds is 3. The molecule has 162 valence electrons. The second-order valence-corrected chi connectivity index (χ2v) is 6.37. The summed E-state index contributed by atoms with van der Waals surface area (Å²) in [7, 11) is 0. The van der Waals surface area contributed by atoms with Crippen molar-refractivity contribution in [1.82, 2.24) is 0 Å². The van der Waals surface area contributed by atoms with Crippen molar-refractivity contribution in [2.75, 3.05) is 0 Å². The Morgan fingerprint density at radius 3 is 1.07 bits per heavy atom. The van der Waals surface area contributed by atoms with E-state index in [0.717, 1.165) is 6.92 Å². The highest BCUT2D eigenvalue weighted by atomic mass is 19.4. The predicted molar refractivity (Wildman–Crippen MR) is 75.0 cm³/mol. The first-order valence-corrected chi connectivity index (χ1v) is 7.60. The van der Waals surface area contributed by atoms with Crippen LogP contribution in [-0.2, 0) is 0 Å². The molecule has 0 fully saturated rings. The molecule has 0 nitrogen and oxygen atoms in total. The van der Waals surface area contributed by atoms with Gasteiger partial charge in [-0.25, -0.2) is 0 Å². The zero-order chi connectivity index (χ0) is 22.5. The van der Waals surface area contributed by atoms with Crippen LogP contribution in [0.15, 0.2) is 12.1 Å². The lowest BCUT2D eigenvalue weighted by Gasteiger charge is -2.29. The predicted octanol–water partition coefficient (Wildman–Crippen LogP) is 7.53. The molecule has 0 N–H and O–H groups in total. The molecule has 2 unspecified atom stereocenters. The third-order valence-corrected chi connectivity index (χ3v) is 4.41. The Bertz CT molecular complexity index is 635. The maximum absolute atomic E-state index is 13.0. The summed E-state index contributed by atoms with van der Waals surface area (Å²) in [6, 6.07) is 0.0669. The lowest BCUT2D eigenvalue weighted by molar-refractivity contribution is -0.253. The van der Waals surface area contributed by atoms with Crippen molar-refractivity contribution in [3.63, 3.8) is 0 Å². The Labute approximate surface area is 151 Å². The van der Waals surface area contributed by atoms with E-state index >= 15 is 0 Å². The second-order valence-electron chi connectivity index (χ2n) is 6.37. The first-order chi connectivity index (χ1) is 12.2. The maximum atomic E-state index is 13.0. The fourth-order valence-corrected chi connectivity index (χ4v) is 2.77. The Balaban J connectivity index is 3.89. The fraction of sp³-hybridized carbons (Fsp3) is 0.625. The molecule has 0 aromatic heterocycles. The highest BCUT2D eigenvalue weighted by Gasteiger charge is 2.58. The normalized spacial score (nSPS) is 16.4. The van der Waals surface area contributed by atoms with E-state index in [4.69, 9.17) is 0 Å². The van der Waals surface area contributed by atoms with Crippen molar-refractivity contribution in [3.8, 4) is 0 Å². The molecule has 28 heavy (non-hydrogen) atoms. The summed E-state index contributed by atoms with van der Waals surface area (Å²) in [5, 5.41) is 0.